The molecule has 4 fully saturated rings. The van der Waals surface area contributed by atoms with E-state index in [4.69, 9.17) is 32.8 Å². The molecule has 30 nitrogen and oxygen atoms in total. The van der Waals surface area contributed by atoms with E-state index in [1.165, 1.54) is 70.6 Å². The minimum Gasteiger partial charge on any atom is -0.443 e. The van der Waals surface area contributed by atoms with Gasteiger partial charge in [-0.2, -0.15) is 13.2 Å². The first-order valence-corrected chi connectivity index (χ1v) is 46.2. The fourth-order valence-electron chi connectivity index (χ4n) is 16.7. The molecule has 4 saturated heterocycles. The number of amides is 4. The van der Waals surface area contributed by atoms with Gasteiger partial charge in [0.05, 0.1) is 40.7 Å². The predicted molar refractivity (Wildman–Crippen MR) is 505 cm³/mol. The third-order valence-electron chi connectivity index (χ3n) is 23.3. The van der Waals surface area contributed by atoms with Gasteiger partial charge in [0.2, 0.25) is 29.9 Å². The van der Waals surface area contributed by atoms with Gasteiger partial charge in [0.15, 0.2) is 17.3 Å². The smallest absolute Gasteiger partial charge is 0.443 e. The molecule has 15 rings (SSSR count). The molecular formula is C103H118F7N15O15. The molecule has 0 radical (unpaired) electrons. The van der Waals surface area contributed by atoms with Crippen molar-refractivity contribution >= 4 is 59.5 Å². The average molecular weight is 1940 g/mol. The number of rotatable bonds is 29. The molecule has 0 bridgehead atoms. The zero-order valence-corrected chi connectivity index (χ0v) is 78.3. The standard InChI is InChI=1S/C29H33FN4O5.C24H27FN4O3.C24H25FN4O3.C23H28FN3O3.C2HF3O.CH4/c1-28(2,3)39-27(37)34-19-23(20-11-6-7-12-21(20)30)31-26(34)29(17-10-8-14-25(36)32-29)16-9-4-5-13-24(35)22-15-18-38-33-22;2*25-18-9-4-3-8-17(18)20-16-26-23(27-20)24(14-7-5-11-22(31)28-24)13-6-1-2-10-21(30)19-12-15-32-29-19;1-5-13-23(14-9-8-12-19(28)26-23)20-25-18(16-10-6-7-11-17(16)24)15-27(20)21(29)30-22(2,3)4;3-2(4,5)1-6;/h4,6-7,9,11-12,15,18-19H,5,8,10,13-14,16-17H2,1-3H3,(H,32,36);3-4,8-9,12,15-16H,1-2,5-7,10-11,13-14H2,(H,26,27)(H,28,31);1,3-4,6,8-9,12,15-16H,2,5,7,10-11,13-14H2,(H,26,27)(H,28,31);5-7,10-11,15H,1,8-9,12-14H2,2-4H3,(H,26,28);1H;1H4/b9-4+;;6-1+;;;/t29-;2*24-;23-;;/m0000../s1. The first-order chi connectivity index (χ1) is 66.4. The highest BCUT2D eigenvalue weighted by Crippen LogP contribution is 2.42. The number of Topliss-reactive ketones (excluding diaryl/α,β-unsaturated/α-hetero) is 3. The third-order valence-corrected chi connectivity index (χ3v) is 23.3. The number of halogens is 7. The zero-order valence-electron chi connectivity index (χ0n) is 78.3. The first kappa shape index (κ1) is 108. The highest BCUT2D eigenvalue weighted by atomic mass is 19.4. The van der Waals surface area contributed by atoms with Crippen molar-refractivity contribution in [1.82, 2.24) is 75.8 Å². The largest absolute Gasteiger partial charge is 0.446 e. The molecule has 4 atom stereocenters. The summed E-state index contributed by atoms with van der Waals surface area (Å²) >= 11 is 0. The fourth-order valence-corrected chi connectivity index (χ4v) is 16.7. The summed E-state index contributed by atoms with van der Waals surface area (Å²) in [5.41, 5.74) is -0.733. The van der Waals surface area contributed by atoms with Crippen molar-refractivity contribution in [2.75, 3.05) is 0 Å². The molecule has 7 aromatic heterocycles. The molecule has 4 aliphatic heterocycles. The van der Waals surface area contributed by atoms with Crippen molar-refractivity contribution in [3.05, 3.63) is 259 Å². The van der Waals surface area contributed by atoms with E-state index in [-0.39, 0.29) is 94.8 Å². The summed E-state index contributed by atoms with van der Waals surface area (Å²) in [6.45, 7) is 14.4. The summed E-state index contributed by atoms with van der Waals surface area (Å²) in [4.78, 5) is 147. The number of nitrogens with zero attached hydrogens (tertiary/aromatic N) is 9. The summed E-state index contributed by atoms with van der Waals surface area (Å²) in [7, 11) is 0. The van der Waals surface area contributed by atoms with Crippen LogP contribution in [0.2, 0.25) is 0 Å². The maximum atomic E-state index is 14.7. The molecule has 6 N–H and O–H groups in total. The van der Waals surface area contributed by atoms with Gasteiger partial charge in [0, 0.05) is 97.8 Å². The lowest BCUT2D eigenvalue weighted by Gasteiger charge is -2.32. The minimum atomic E-state index is -4.64. The minimum absolute atomic E-state index is 0. The molecule has 0 aliphatic carbocycles. The van der Waals surface area contributed by atoms with Crippen molar-refractivity contribution in [3.63, 3.8) is 0 Å². The number of H-pyrrole nitrogens is 2. The fraction of sp³-hybridized carbons (Fsp3) is 0.408. The summed E-state index contributed by atoms with van der Waals surface area (Å²) < 4.78 is 117. The Kier molecular flexibility index (Phi) is 38.2. The van der Waals surface area contributed by atoms with Crippen molar-refractivity contribution in [1.29, 1.82) is 0 Å². The van der Waals surface area contributed by atoms with E-state index in [0.717, 1.165) is 64.2 Å². The number of carbonyl (C=O) groups excluding carboxylic acids is 10. The van der Waals surface area contributed by atoms with Crippen LogP contribution in [0.25, 0.3) is 45.0 Å². The summed E-state index contributed by atoms with van der Waals surface area (Å²) in [5, 5.41) is 23.5. The second-order valence-electron chi connectivity index (χ2n) is 36.2. The van der Waals surface area contributed by atoms with Gasteiger partial charge >= 0.3 is 18.4 Å². The number of hydrogen-bond acceptors (Lipinski definition) is 22. The highest BCUT2D eigenvalue weighted by molar-refractivity contribution is 5.95. The molecule has 11 heterocycles. The maximum Gasteiger partial charge on any atom is 0.446 e. The number of carbonyl (C=O) groups is 10. The van der Waals surface area contributed by atoms with Crippen LogP contribution in [0.1, 0.15) is 284 Å². The summed E-state index contributed by atoms with van der Waals surface area (Å²) in [6.07, 6.45) is 29.5. The van der Waals surface area contributed by atoms with Crippen molar-refractivity contribution in [3.8, 4) is 45.0 Å². The number of ether oxygens (including phenoxy) is 2. The Morgan fingerprint density at radius 2 is 0.779 bits per heavy atom. The molecule has 0 unspecified atom stereocenters. The molecule has 11 aromatic rings. The Hall–Kier alpha value is -14.4. The van der Waals surface area contributed by atoms with E-state index in [2.05, 4.69) is 68.2 Å². The van der Waals surface area contributed by atoms with E-state index in [1.807, 2.05) is 24.3 Å². The van der Waals surface area contributed by atoms with Crippen LogP contribution in [-0.4, -0.2) is 131 Å². The van der Waals surface area contributed by atoms with Crippen molar-refractivity contribution < 1.29 is 102 Å². The topological polar surface area (TPSA) is 408 Å². The Balaban J connectivity index is 0.000000189. The van der Waals surface area contributed by atoms with Crippen LogP contribution in [-0.2, 0) is 55.6 Å². The number of aldehydes is 1. The lowest BCUT2D eigenvalue weighted by atomic mass is 9.86. The lowest BCUT2D eigenvalue weighted by Crippen LogP contribution is -2.47. The van der Waals surface area contributed by atoms with Gasteiger partial charge in [0.25, 0.3) is 0 Å². The number of aromatic nitrogens is 11. The number of aromatic amines is 2. The molecule has 4 amide bonds. The molecule has 140 heavy (non-hydrogen) atoms. The highest BCUT2D eigenvalue weighted by Gasteiger charge is 2.45. The number of allylic oxidation sites excluding steroid dienone is 2. The monoisotopic (exact) mass is 1940 g/mol. The number of alkyl halides is 3. The number of hydrogen-bond donors (Lipinski definition) is 6. The van der Waals surface area contributed by atoms with Crippen LogP contribution >= 0.6 is 0 Å². The first-order valence-electron chi connectivity index (χ1n) is 46.2. The summed E-state index contributed by atoms with van der Waals surface area (Å²) in [5.74, 6) is -0.259. The van der Waals surface area contributed by atoms with E-state index in [0.29, 0.717) is 166 Å². The molecule has 4 aliphatic rings. The van der Waals surface area contributed by atoms with Crippen LogP contribution in [0.15, 0.2) is 209 Å². The van der Waals surface area contributed by atoms with E-state index < -0.39 is 69.6 Å². The third kappa shape index (κ3) is 30.1. The van der Waals surface area contributed by atoms with Gasteiger partial charge in [0.1, 0.15) is 110 Å². The van der Waals surface area contributed by atoms with E-state index >= 15 is 0 Å². The van der Waals surface area contributed by atoms with Crippen LogP contribution in [0, 0.1) is 23.3 Å². The summed E-state index contributed by atoms with van der Waals surface area (Å²) in [6, 6.07) is 30.1. The van der Waals surface area contributed by atoms with Gasteiger partial charge in [-0.05, 0) is 186 Å². The van der Waals surface area contributed by atoms with Crippen LogP contribution in [0.4, 0.5) is 40.3 Å². The van der Waals surface area contributed by atoms with Crippen LogP contribution < -0.4 is 21.3 Å². The average Bonchev–Trinajstić information content (AvgIpc) is 1.63. The van der Waals surface area contributed by atoms with Gasteiger partial charge in [-0.25, -0.2) is 56.2 Å². The molecular weight excluding hydrogens is 1820 g/mol. The Morgan fingerprint density at radius 3 is 1.14 bits per heavy atom. The van der Waals surface area contributed by atoms with Gasteiger partial charge < -0.3 is 54.3 Å². The molecule has 4 aromatic carbocycles. The van der Waals surface area contributed by atoms with Crippen molar-refractivity contribution in [2.45, 2.75) is 268 Å². The number of unbranched alkanes of at least 4 members (excludes halogenated alkanes) is 2. The number of benzene rings is 4. The van der Waals surface area contributed by atoms with E-state index in [9.17, 15) is 73.9 Å². The number of imidazole rings is 4. The zero-order chi connectivity index (χ0) is 100.0. The Morgan fingerprint density at radius 1 is 0.443 bits per heavy atom. The molecule has 0 saturated carbocycles. The number of ketones is 3. The van der Waals surface area contributed by atoms with Gasteiger partial charge in [-0.15, -0.1) is 6.58 Å². The van der Waals surface area contributed by atoms with Gasteiger partial charge in [-0.3, -0.25) is 38.4 Å². The normalized spacial score (nSPS) is 18.4. The van der Waals surface area contributed by atoms with Gasteiger partial charge in [-0.1, -0.05) is 140 Å². The van der Waals surface area contributed by atoms with Crippen LogP contribution in [0.3, 0.4) is 0 Å². The maximum absolute atomic E-state index is 14.7. The second-order valence-corrected chi connectivity index (χ2v) is 36.2. The number of nitrogens with one attached hydrogen (secondary N) is 6. The second kappa shape index (κ2) is 49.7. The molecule has 744 valence electrons. The molecule has 37 heteroatoms. The Bertz CT molecular complexity index is 6090. The lowest BCUT2D eigenvalue weighted by molar-refractivity contribution is -0.156. The SMILES string of the molecule is C.C=CC[C@@]1(c2nc(-c3ccccc3F)cn2C(=O)OC(C)(C)C)CCCCC(=O)N1.CC(C)(C)OC(=O)n1cc(-c2ccccc2F)nc1[C@]1(C/C=C/CCC(=O)c2ccon2)CCCCC(=O)N1.O=C1CCCC[C@@](C/C=C/CCC(=O)c2ccon2)(c2ncc(-c3ccccc3F)[nH]2)N1.O=C1CCCC[C@@](CCCCCC(=O)c2ccon2)(c2ncc(-c3ccccc3F)[nH]2)N1.O=CC(F)(F)F. The van der Waals surface area contributed by atoms with Crippen LogP contribution in [0.5, 0.6) is 0 Å². The molecule has 0 spiro atoms. The predicted octanol–water partition coefficient (Wildman–Crippen LogP) is 21.9. The Labute approximate surface area is 805 Å². The quantitative estimate of drug-likeness (QED) is 0.00833. The van der Waals surface area contributed by atoms with E-state index in [1.54, 1.807) is 145 Å². The van der Waals surface area contributed by atoms with Crippen molar-refractivity contribution in [2.24, 2.45) is 0 Å².